The zero-order valence-electron chi connectivity index (χ0n) is 14.8. The number of hydrogen-bond donors (Lipinski definition) is 0. The first kappa shape index (κ1) is 20.3. The van der Waals surface area contributed by atoms with Crippen LogP contribution in [-0.2, 0) is 24.3 Å². The number of nitrogens with zero attached hydrogens (tertiary/aromatic N) is 2. The molecule has 1 aliphatic rings. The fraction of sp³-hybridized carbons (Fsp3) is 0.500. The summed E-state index contributed by atoms with van der Waals surface area (Å²) in [6, 6.07) is 2.93. The van der Waals surface area contributed by atoms with E-state index in [0.29, 0.717) is 0 Å². The average Bonchev–Trinajstić information content (AvgIpc) is 2.61. The molecule has 1 aliphatic heterocycles. The Bertz CT molecular complexity index is 790. The molecule has 0 unspecified atom stereocenters. The number of sulfonamides is 1. The van der Waals surface area contributed by atoms with Gasteiger partial charge >= 0.3 is 5.97 Å². The van der Waals surface area contributed by atoms with Gasteiger partial charge < -0.3 is 14.4 Å². The highest BCUT2D eigenvalue weighted by atomic mass is 32.2. The molecule has 1 fully saturated rings. The summed E-state index contributed by atoms with van der Waals surface area (Å²) in [7, 11) is -1.09. The topological polar surface area (TPSA) is 93.2 Å². The summed E-state index contributed by atoms with van der Waals surface area (Å²) in [6.07, 6.45) is -1.05. The van der Waals surface area contributed by atoms with E-state index in [1.807, 2.05) is 0 Å². The second-order valence-electron chi connectivity index (χ2n) is 5.94. The zero-order chi connectivity index (χ0) is 19.5. The monoisotopic (exact) mass is 388 g/mol. The highest BCUT2D eigenvalue weighted by Crippen LogP contribution is 2.22. The zero-order valence-corrected chi connectivity index (χ0v) is 15.6. The molecule has 1 aromatic rings. The van der Waals surface area contributed by atoms with Crippen LogP contribution in [0.15, 0.2) is 23.1 Å². The standard InChI is InChI=1S/C16H21FN2O6S/c1-11(15(20)18(2)3)25-16(21)12-4-5-13(17)14(10-12)26(22,23)19-6-8-24-9-7-19/h4-5,10-11H,6-9H2,1-3H3/t11-/m1/s1. The predicted octanol–water partition coefficient (Wildman–Crippen LogP) is 0.480. The van der Waals surface area contributed by atoms with Crippen molar-refractivity contribution in [2.75, 3.05) is 40.4 Å². The van der Waals surface area contributed by atoms with Crippen LogP contribution in [0.2, 0.25) is 0 Å². The third-order valence-electron chi connectivity index (χ3n) is 3.83. The fourth-order valence-corrected chi connectivity index (χ4v) is 3.89. The van der Waals surface area contributed by atoms with Gasteiger partial charge in [0.2, 0.25) is 10.0 Å². The quantitative estimate of drug-likeness (QED) is 0.681. The number of morpholine rings is 1. The Morgan fingerprint density at radius 2 is 1.88 bits per heavy atom. The molecule has 0 radical (unpaired) electrons. The van der Waals surface area contributed by atoms with Crippen molar-refractivity contribution in [3.05, 3.63) is 29.6 Å². The lowest BCUT2D eigenvalue weighted by Crippen LogP contribution is -2.41. The third-order valence-corrected chi connectivity index (χ3v) is 5.74. The lowest BCUT2D eigenvalue weighted by molar-refractivity contribution is -0.137. The first-order valence-corrected chi connectivity index (χ1v) is 9.38. The third kappa shape index (κ3) is 4.37. The highest BCUT2D eigenvalue weighted by Gasteiger charge is 2.30. The number of halogens is 1. The summed E-state index contributed by atoms with van der Waals surface area (Å²) < 4.78 is 50.6. The molecule has 0 N–H and O–H groups in total. The summed E-state index contributed by atoms with van der Waals surface area (Å²) >= 11 is 0. The molecule has 1 atom stereocenters. The van der Waals surface area contributed by atoms with Gasteiger partial charge in [0.15, 0.2) is 6.10 Å². The van der Waals surface area contributed by atoms with Crippen LogP contribution in [0.5, 0.6) is 0 Å². The van der Waals surface area contributed by atoms with Crippen LogP contribution in [0.1, 0.15) is 17.3 Å². The predicted molar refractivity (Wildman–Crippen MR) is 89.5 cm³/mol. The lowest BCUT2D eigenvalue weighted by atomic mass is 10.2. The first-order chi connectivity index (χ1) is 12.1. The largest absolute Gasteiger partial charge is 0.449 e. The SMILES string of the molecule is C[C@@H](OC(=O)c1ccc(F)c(S(=O)(=O)N2CCOCC2)c1)C(=O)N(C)C. The molecule has 10 heteroatoms. The molecule has 1 amide bonds. The van der Waals surface area contributed by atoms with E-state index in [2.05, 4.69) is 0 Å². The number of carbonyl (C=O) groups is 2. The number of carbonyl (C=O) groups excluding carboxylic acids is 2. The Morgan fingerprint density at radius 1 is 1.27 bits per heavy atom. The van der Waals surface area contributed by atoms with E-state index in [1.165, 1.54) is 25.9 Å². The molecule has 0 aliphatic carbocycles. The molecule has 2 rings (SSSR count). The number of rotatable bonds is 5. The molecule has 1 saturated heterocycles. The number of hydrogen-bond acceptors (Lipinski definition) is 6. The van der Waals surface area contributed by atoms with Crippen molar-refractivity contribution >= 4 is 21.9 Å². The van der Waals surface area contributed by atoms with E-state index >= 15 is 0 Å². The van der Waals surface area contributed by atoms with E-state index < -0.39 is 38.7 Å². The smallest absolute Gasteiger partial charge is 0.338 e. The van der Waals surface area contributed by atoms with Crippen molar-refractivity contribution in [1.82, 2.24) is 9.21 Å². The summed E-state index contributed by atoms with van der Waals surface area (Å²) in [5, 5.41) is 0. The van der Waals surface area contributed by atoms with Gasteiger partial charge in [-0.15, -0.1) is 0 Å². The van der Waals surface area contributed by atoms with Crippen LogP contribution in [-0.4, -0.2) is 76.0 Å². The van der Waals surface area contributed by atoms with Crippen LogP contribution < -0.4 is 0 Å². The molecule has 1 aromatic carbocycles. The number of likely N-dealkylation sites (N-methyl/N-ethyl adjacent to an activating group) is 1. The van der Waals surface area contributed by atoms with Gasteiger partial charge in [-0.3, -0.25) is 4.79 Å². The number of esters is 1. The molecule has 0 saturated carbocycles. The van der Waals surface area contributed by atoms with Gasteiger partial charge in [0.25, 0.3) is 5.91 Å². The Balaban J connectivity index is 2.26. The van der Waals surface area contributed by atoms with E-state index in [1.54, 1.807) is 0 Å². The maximum Gasteiger partial charge on any atom is 0.338 e. The van der Waals surface area contributed by atoms with Crippen LogP contribution in [0.3, 0.4) is 0 Å². The Labute approximate surface area is 151 Å². The molecule has 0 aromatic heterocycles. The van der Waals surface area contributed by atoms with Crippen molar-refractivity contribution in [2.45, 2.75) is 17.9 Å². The molecule has 0 spiro atoms. The van der Waals surface area contributed by atoms with Crippen molar-refractivity contribution in [3.8, 4) is 0 Å². The second-order valence-corrected chi connectivity index (χ2v) is 7.85. The van der Waals surface area contributed by atoms with E-state index in [0.717, 1.165) is 22.5 Å². The minimum absolute atomic E-state index is 0.102. The van der Waals surface area contributed by atoms with Crippen LogP contribution in [0.25, 0.3) is 0 Å². The number of ether oxygens (including phenoxy) is 2. The van der Waals surface area contributed by atoms with Gasteiger partial charge in [0.05, 0.1) is 18.8 Å². The van der Waals surface area contributed by atoms with Gasteiger partial charge in [0, 0.05) is 27.2 Å². The van der Waals surface area contributed by atoms with Crippen molar-refractivity contribution in [2.24, 2.45) is 0 Å². The lowest BCUT2D eigenvalue weighted by Gasteiger charge is -2.26. The van der Waals surface area contributed by atoms with Gasteiger partial charge in [-0.1, -0.05) is 0 Å². The van der Waals surface area contributed by atoms with Crippen molar-refractivity contribution in [3.63, 3.8) is 0 Å². The Morgan fingerprint density at radius 3 is 2.46 bits per heavy atom. The second kappa shape index (κ2) is 8.11. The average molecular weight is 388 g/mol. The Kier molecular flexibility index (Phi) is 6.32. The summed E-state index contributed by atoms with van der Waals surface area (Å²) in [5.41, 5.74) is -0.156. The molecule has 26 heavy (non-hydrogen) atoms. The molecule has 1 heterocycles. The van der Waals surface area contributed by atoms with Gasteiger partial charge in [-0.2, -0.15) is 4.31 Å². The van der Waals surface area contributed by atoms with E-state index in [9.17, 15) is 22.4 Å². The molecular formula is C16H21FN2O6S. The minimum atomic E-state index is -4.11. The van der Waals surface area contributed by atoms with Gasteiger partial charge in [-0.05, 0) is 25.1 Å². The summed E-state index contributed by atoms with van der Waals surface area (Å²) in [5.74, 6) is -2.31. The van der Waals surface area contributed by atoms with Crippen molar-refractivity contribution < 1.29 is 31.9 Å². The molecule has 8 nitrogen and oxygen atoms in total. The number of benzene rings is 1. The van der Waals surface area contributed by atoms with E-state index in [4.69, 9.17) is 9.47 Å². The summed E-state index contributed by atoms with van der Waals surface area (Å²) in [4.78, 5) is 24.6. The Hall–Kier alpha value is -2.04. The fourth-order valence-electron chi connectivity index (χ4n) is 2.40. The first-order valence-electron chi connectivity index (χ1n) is 7.94. The van der Waals surface area contributed by atoms with Crippen LogP contribution in [0.4, 0.5) is 4.39 Å². The molecule has 144 valence electrons. The molecular weight excluding hydrogens is 367 g/mol. The number of amides is 1. The van der Waals surface area contributed by atoms with Gasteiger partial charge in [0.1, 0.15) is 10.7 Å². The molecule has 0 bridgehead atoms. The maximum atomic E-state index is 14.1. The van der Waals surface area contributed by atoms with Gasteiger partial charge in [-0.25, -0.2) is 17.6 Å². The highest BCUT2D eigenvalue weighted by molar-refractivity contribution is 7.89. The van der Waals surface area contributed by atoms with E-state index in [-0.39, 0.29) is 31.9 Å². The summed E-state index contributed by atoms with van der Waals surface area (Å²) in [6.45, 7) is 2.03. The van der Waals surface area contributed by atoms with Crippen LogP contribution >= 0.6 is 0 Å². The maximum absolute atomic E-state index is 14.1. The normalized spacial score (nSPS) is 16.8. The van der Waals surface area contributed by atoms with Crippen LogP contribution in [0, 0.1) is 5.82 Å². The van der Waals surface area contributed by atoms with Crippen molar-refractivity contribution in [1.29, 1.82) is 0 Å². The minimum Gasteiger partial charge on any atom is -0.449 e.